The summed E-state index contributed by atoms with van der Waals surface area (Å²) in [6.07, 6.45) is 3.35. The minimum atomic E-state index is -0.0787. The highest BCUT2D eigenvalue weighted by molar-refractivity contribution is 6.16. The van der Waals surface area contributed by atoms with E-state index in [1.54, 1.807) is 6.92 Å². The number of hydrogen-bond acceptors (Lipinski definition) is 4. The first-order chi connectivity index (χ1) is 6.99. The number of ketones is 4. The molecule has 0 radical (unpaired) electrons. The zero-order valence-corrected chi connectivity index (χ0v) is 8.49. The van der Waals surface area contributed by atoms with Crippen LogP contribution in [0.4, 0.5) is 0 Å². The number of carbonyl (C=O) groups excluding carboxylic acids is 4. The van der Waals surface area contributed by atoms with Crippen molar-refractivity contribution in [3.63, 3.8) is 0 Å². The molecule has 4 nitrogen and oxygen atoms in total. The summed E-state index contributed by atoms with van der Waals surface area (Å²) in [5, 5.41) is 0. The van der Waals surface area contributed by atoms with Gasteiger partial charge in [-0.15, -0.1) is 0 Å². The highest BCUT2D eigenvalue weighted by Gasteiger charge is 2.26. The third kappa shape index (κ3) is 5.90. The van der Waals surface area contributed by atoms with Gasteiger partial charge in [-0.25, -0.2) is 0 Å². The topological polar surface area (TPSA) is 68.3 Å². The number of allylic oxidation sites excluding steroid dienone is 2. The second-order valence-electron chi connectivity index (χ2n) is 3.73. The predicted molar refractivity (Wildman–Crippen MR) is 65.6 cm³/mol. The van der Waals surface area contributed by atoms with Gasteiger partial charge in [0, 0.05) is 12.3 Å². The van der Waals surface area contributed by atoms with E-state index in [-0.39, 0.29) is 56.7 Å². The summed E-state index contributed by atoms with van der Waals surface area (Å²) in [4.78, 5) is 41.3. The average Bonchev–Trinajstić information content (AvgIpc) is 2.61. The van der Waals surface area contributed by atoms with Crippen molar-refractivity contribution in [1.82, 2.24) is 0 Å². The largest absolute Gasteiger partial charge is 0.299 e. The van der Waals surface area contributed by atoms with E-state index in [9.17, 15) is 19.2 Å². The lowest BCUT2D eigenvalue weighted by atomic mass is 10.1. The number of rotatable bonds is 0. The second-order valence-corrected chi connectivity index (χ2v) is 3.73. The van der Waals surface area contributed by atoms with Crippen molar-refractivity contribution >= 4 is 23.1 Å². The van der Waals surface area contributed by atoms with Crippen molar-refractivity contribution < 1.29 is 19.2 Å². The molecular formula is C13H20O4. The Morgan fingerprint density at radius 1 is 0.941 bits per heavy atom. The quantitative estimate of drug-likeness (QED) is 0.606. The first-order valence-corrected chi connectivity index (χ1v) is 4.77. The van der Waals surface area contributed by atoms with Crippen molar-refractivity contribution in [1.29, 1.82) is 0 Å². The molecule has 1 saturated carbocycles. The average molecular weight is 240 g/mol. The minimum absolute atomic E-state index is 0. The zero-order valence-electron chi connectivity index (χ0n) is 8.49. The van der Waals surface area contributed by atoms with Crippen molar-refractivity contribution in [2.75, 3.05) is 0 Å². The van der Waals surface area contributed by atoms with Gasteiger partial charge in [0.2, 0.25) is 0 Å². The number of Topliss-reactive ketones (excluding diaryl/α,β-unsaturated/α-hetero) is 2. The lowest BCUT2D eigenvalue weighted by Crippen LogP contribution is -1.98. The van der Waals surface area contributed by atoms with E-state index in [2.05, 4.69) is 0 Å². The molecule has 0 spiro atoms. The molecule has 2 aliphatic carbocycles. The predicted octanol–water partition coefficient (Wildman–Crippen LogP) is 1.91. The van der Waals surface area contributed by atoms with Crippen LogP contribution >= 0.6 is 0 Å². The van der Waals surface area contributed by atoms with Crippen molar-refractivity contribution in [3.05, 3.63) is 12.2 Å². The molecule has 0 aliphatic heterocycles. The SMILES string of the molecule is C.C.CC1CC(=O)CC1=O.O=C1C=CC(=O)C1. The van der Waals surface area contributed by atoms with Crippen LogP contribution in [0.2, 0.25) is 0 Å². The van der Waals surface area contributed by atoms with Crippen LogP contribution in [0.1, 0.15) is 41.0 Å². The van der Waals surface area contributed by atoms with Crippen LogP contribution in [-0.2, 0) is 19.2 Å². The van der Waals surface area contributed by atoms with Gasteiger partial charge in [0.05, 0.1) is 12.8 Å². The zero-order chi connectivity index (χ0) is 11.4. The Hall–Kier alpha value is -1.58. The van der Waals surface area contributed by atoms with Crippen LogP contribution in [0.15, 0.2) is 12.2 Å². The smallest absolute Gasteiger partial charge is 0.163 e. The maximum atomic E-state index is 10.6. The standard InChI is InChI=1S/C6H8O2.C5H4O2.2CH4/c1-4-2-5(7)3-6(4)8;6-4-1-2-5(7)3-4;;/h4H,2-3H2,1H3;1-2H,3H2;2*1H4. The van der Waals surface area contributed by atoms with Gasteiger partial charge < -0.3 is 0 Å². The third-order valence-electron chi connectivity index (χ3n) is 2.26. The highest BCUT2D eigenvalue weighted by Crippen LogP contribution is 2.16. The monoisotopic (exact) mass is 240 g/mol. The number of carbonyl (C=O) groups is 4. The van der Waals surface area contributed by atoms with Gasteiger partial charge in [0.15, 0.2) is 11.6 Å². The Kier molecular flexibility index (Phi) is 8.02. The maximum absolute atomic E-state index is 10.6. The van der Waals surface area contributed by atoms with Crippen LogP contribution in [0.5, 0.6) is 0 Å². The van der Waals surface area contributed by atoms with Crippen LogP contribution in [0, 0.1) is 5.92 Å². The molecule has 0 heterocycles. The van der Waals surface area contributed by atoms with Gasteiger partial charge in [0.1, 0.15) is 11.6 Å². The molecule has 0 aromatic rings. The van der Waals surface area contributed by atoms with E-state index in [1.807, 2.05) is 0 Å². The molecule has 1 atom stereocenters. The van der Waals surface area contributed by atoms with E-state index < -0.39 is 0 Å². The normalized spacial score (nSPS) is 21.6. The van der Waals surface area contributed by atoms with Crippen molar-refractivity contribution in [2.24, 2.45) is 5.92 Å². The summed E-state index contributed by atoms with van der Waals surface area (Å²) >= 11 is 0. The fourth-order valence-electron chi connectivity index (χ4n) is 1.37. The van der Waals surface area contributed by atoms with Crippen molar-refractivity contribution in [3.8, 4) is 0 Å². The molecule has 0 aromatic carbocycles. The second kappa shape index (κ2) is 7.65. The molecule has 17 heavy (non-hydrogen) atoms. The Labute approximate surface area is 102 Å². The molecule has 0 saturated heterocycles. The molecular weight excluding hydrogens is 220 g/mol. The molecule has 2 aliphatic rings. The minimum Gasteiger partial charge on any atom is -0.299 e. The molecule has 0 amide bonds. The first-order valence-electron chi connectivity index (χ1n) is 4.77. The van der Waals surface area contributed by atoms with Gasteiger partial charge in [-0.1, -0.05) is 21.8 Å². The molecule has 0 N–H and O–H groups in total. The molecule has 96 valence electrons. The Bertz CT molecular complexity index is 336. The maximum Gasteiger partial charge on any atom is 0.163 e. The lowest BCUT2D eigenvalue weighted by molar-refractivity contribution is -0.123. The van der Waals surface area contributed by atoms with E-state index in [0.717, 1.165) is 0 Å². The highest BCUT2D eigenvalue weighted by atomic mass is 16.2. The van der Waals surface area contributed by atoms with Crippen LogP contribution < -0.4 is 0 Å². The Morgan fingerprint density at radius 2 is 1.41 bits per heavy atom. The molecule has 4 heteroatoms. The summed E-state index contributed by atoms with van der Waals surface area (Å²) in [5.74, 6) is 0.0509. The van der Waals surface area contributed by atoms with Crippen LogP contribution in [-0.4, -0.2) is 23.1 Å². The molecule has 0 aromatic heterocycles. The molecule has 1 unspecified atom stereocenters. The Balaban J connectivity index is 0. The van der Waals surface area contributed by atoms with Crippen LogP contribution in [0.25, 0.3) is 0 Å². The molecule has 0 bridgehead atoms. The van der Waals surface area contributed by atoms with Gasteiger partial charge in [-0.2, -0.15) is 0 Å². The van der Waals surface area contributed by atoms with E-state index in [4.69, 9.17) is 0 Å². The van der Waals surface area contributed by atoms with Gasteiger partial charge in [-0.3, -0.25) is 19.2 Å². The van der Waals surface area contributed by atoms with Crippen molar-refractivity contribution in [2.45, 2.75) is 41.0 Å². The number of hydrogen-bond donors (Lipinski definition) is 0. The first kappa shape index (κ1) is 17.8. The molecule has 2 rings (SSSR count). The summed E-state index contributed by atoms with van der Waals surface area (Å²) in [7, 11) is 0. The third-order valence-corrected chi connectivity index (χ3v) is 2.26. The molecule has 1 fully saturated rings. The van der Waals surface area contributed by atoms with E-state index in [1.165, 1.54) is 12.2 Å². The summed E-state index contributed by atoms with van der Waals surface area (Å²) in [5.41, 5.74) is 0. The Morgan fingerprint density at radius 3 is 1.53 bits per heavy atom. The van der Waals surface area contributed by atoms with Gasteiger partial charge in [-0.05, 0) is 12.2 Å². The van der Waals surface area contributed by atoms with Gasteiger partial charge >= 0.3 is 0 Å². The summed E-state index contributed by atoms with van der Waals surface area (Å²) in [6.45, 7) is 1.80. The van der Waals surface area contributed by atoms with E-state index in [0.29, 0.717) is 6.42 Å². The summed E-state index contributed by atoms with van der Waals surface area (Å²) in [6, 6.07) is 0. The van der Waals surface area contributed by atoms with Gasteiger partial charge in [0.25, 0.3) is 0 Å². The summed E-state index contributed by atoms with van der Waals surface area (Å²) < 4.78 is 0. The van der Waals surface area contributed by atoms with E-state index >= 15 is 0 Å². The fraction of sp³-hybridized carbons (Fsp3) is 0.538. The van der Waals surface area contributed by atoms with Crippen LogP contribution in [0.3, 0.4) is 0 Å². The fourth-order valence-corrected chi connectivity index (χ4v) is 1.37. The lowest BCUT2D eigenvalue weighted by Gasteiger charge is -1.89.